The molecule has 2 aromatic rings. The number of carbonyl (C=O) groups is 1. The molecule has 1 heterocycles. The Morgan fingerprint density at radius 3 is 2.74 bits per heavy atom. The maximum absolute atomic E-state index is 12.3. The predicted octanol–water partition coefficient (Wildman–Crippen LogP) is 5.02. The Morgan fingerprint density at radius 1 is 1.16 bits per heavy atom. The molecule has 0 radical (unpaired) electrons. The summed E-state index contributed by atoms with van der Waals surface area (Å²) in [7, 11) is 0. The SMILES string of the molecule is CCCCCCCC(=O)c1c[nH]c2cccc(C)c12. The van der Waals surface area contributed by atoms with Gasteiger partial charge in [-0.15, -0.1) is 0 Å². The number of Topliss-reactive ketones (excluding diaryl/α,β-unsaturated/α-hetero) is 1. The molecule has 1 aromatic carbocycles. The van der Waals surface area contributed by atoms with Crippen LogP contribution in [-0.4, -0.2) is 10.8 Å². The van der Waals surface area contributed by atoms with Crippen molar-refractivity contribution in [2.75, 3.05) is 0 Å². The molecule has 0 saturated heterocycles. The fourth-order valence-corrected chi connectivity index (χ4v) is 2.61. The van der Waals surface area contributed by atoms with E-state index < -0.39 is 0 Å². The second-order valence-corrected chi connectivity index (χ2v) is 5.29. The first-order valence-corrected chi connectivity index (χ1v) is 7.34. The van der Waals surface area contributed by atoms with Crippen LogP contribution in [0.25, 0.3) is 10.9 Å². The number of fused-ring (bicyclic) bond motifs is 1. The lowest BCUT2D eigenvalue weighted by Gasteiger charge is -2.02. The minimum atomic E-state index is 0.275. The lowest BCUT2D eigenvalue weighted by Crippen LogP contribution is -1.98. The fraction of sp³-hybridized carbons (Fsp3) is 0.471. The van der Waals surface area contributed by atoms with Crippen molar-refractivity contribution in [2.24, 2.45) is 0 Å². The van der Waals surface area contributed by atoms with Crippen molar-refractivity contribution < 1.29 is 4.79 Å². The van der Waals surface area contributed by atoms with Gasteiger partial charge in [0.2, 0.25) is 0 Å². The molecule has 0 aliphatic carbocycles. The Bertz CT molecular complexity index is 553. The predicted molar refractivity (Wildman–Crippen MR) is 80.7 cm³/mol. The highest BCUT2D eigenvalue weighted by Gasteiger charge is 2.12. The van der Waals surface area contributed by atoms with E-state index in [0.717, 1.165) is 22.9 Å². The van der Waals surface area contributed by atoms with Gasteiger partial charge < -0.3 is 4.98 Å². The monoisotopic (exact) mass is 257 g/mol. The van der Waals surface area contributed by atoms with Crippen LogP contribution >= 0.6 is 0 Å². The molecule has 0 amide bonds. The number of hydrogen-bond donors (Lipinski definition) is 1. The normalized spacial score (nSPS) is 11.1. The Kier molecular flexibility index (Phi) is 4.78. The van der Waals surface area contributed by atoms with Crippen LogP contribution in [0.3, 0.4) is 0 Å². The molecule has 2 nitrogen and oxygen atoms in total. The van der Waals surface area contributed by atoms with Gasteiger partial charge in [0, 0.05) is 29.1 Å². The van der Waals surface area contributed by atoms with Crippen molar-refractivity contribution in [1.82, 2.24) is 4.98 Å². The molecule has 2 rings (SSSR count). The van der Waals surface area contributed by atoms with Crippen LogP contribution in [0.4, 0.5) is 0 Å². The minimum Gasteiger partial charge on any atom is -0.360 e. The second kappa shape index (κ2) is 6.55. The molecule has 0 unspecified atom stereocenters. The summed E-state index contributed by atoms with van der Waals surface area (Å²) in [5.41, 5.74) is 3.10. The van der Waals surface area contributed by atoms with Gasteiger partial charge in [0.05, 0.1) is 0 Å². The molecule has 0 bridgehead atoms. The van der Waals surface area contributed by atoms with E-state index in [-0.39, 0.29) is 5.78 Å². The molecule has 0 aliphatic heterocycles. The highest BCUT2D eigenvalue weighted by molar-refractivity contribution is 6.08. The highest BCUT2D eigenvalue weighted by Crippen LogP contribution is 2.23. The maximum atomic E-state index is 12.3. The van der Waals surface area contributed by atoms with Crippen molar-refractivity contribution in [3.63, 3.8) is 0 Å². The Labute approximate surface area is 115 Å². The molecule has 0 fully saturated rings. The molecule has 0 aliphatic rings. The minimum absolute atomic E-state index is 0.275. The number of hydrogen-bond acceptors (Lipinski definition) is 1. The summed E-state index contributed by atoms with van der Waals surface area (Å²) in [6.45, 7) is 4.27. The topological polar surface area (TPSA) is 32.9 Å². The van der Waals surface area contributed by atoms with Crippen LogP contribution in [-0.2, 0) is 0 Å². The van der Waals surface area contributed by atoms with Gasteiger partial charge in [0.1, 0.15) is 0 Å². The second-order valence-electron chi connectivity index (χ2n) is 5.29. The van der Waals surface area contributed by atoms with Crippen molar-refractivity contribution in [1.29, 1.82) is 0 Å². The molecule has 102 valence electrons. The third-order valence-electron chi connectivity index (χ3n) is 3.72. The zero-order chi connectivity index (χ0) is 13.7. The average Bonchev–Trinajstić information content (AvgIpc) is 2.84. The Balaban J connectivity index is 2.01. The summed E-state index contributed by atoms with van der Waals surface area (Å²) in [4.78, 5) is 15.5. The smallest absolute Gasteiger partial charge is 0.165 e. The van der Waals surface area contributed by atoms with Crippen LogP contribution in [0.5, 0.6) is 0 Å². The number of nitrogens with one attached hydrogen (secondary N) is 1. The van der Waals surface area contributed by atoms with Gasteiger partial charge >= 0.3 is 0 Å². The number of aromatic amines is 1. The molecular weight excluding hydrogens is 234 g/mol. The van der Waals surface area contributed by atoms with Gasteiger partial charge in [-0.2, -0.15) is 0 Å². The van der Waals surface area contributed by atoms with Crippen molar-refractivity contribution in [3.05, 3.63) is 35.5 Å². The fourth-order valence-electron chi connectivity index (χ4n) is 2.61. The summed E-state index contributed by atoms with van der Waals surface area (Å²) < 4.78 is 0. The van der Waals surface area contributed by atoms with Crippen LogP contribution < -0.4 is 0 Å². The standard InChI is InChI=1S/C17H23NO/c1-3-4-5-6-7-11-16(19)14-12-18-15-10-8-9-13(2)17(14)15/h8-10,12,18H,3-7,11H2,1-2H3. The lowest BCUT2D eigenvalue weighted by molar-refractivity contribution is 0.0980. The molecule has 2 heteroatoms. The highest BCUT2D eigenvalue weighted by atomic mass is 16.1. The number of aromatic nitrogens is 1. The number of rotatable bonds is 7. The van der Waals surface area contributed by atoms with Gasteiger partial charge in [-0.25, -0.2) is 0 Å². The van der Waals surface area contributed by atoms with Crippen LogP contribution in [0.2, 0.25) is 0 Å². The van der Waals surface area contributed by atoms with E-state index in [1.54, 1.807) is 0 Å². The van der Waals surface area contributed by atoms with Gasteiger partial charge in [-0.3, -0.25) is 4.79 Å². The third kappa shape index (κ3) is 3.25. The van der Waals surface area contributed by atoms with E-state index in [9.17, 15) is 4.79 Å². The van der Waals surface area contributed by atoms with Crippen LogP contribution in [0, 0.1) is 6.92 Å². The van der Waals surface area contributed by atoms with E-state index in [1.165, 1.54) is 31.2 Å². The van der Waals surface area contributed by atoms with E-state index in [0.29, 0.717) is 6.42 Å². The van der Waals surface area contributed by atoms with Gasteiger partial charge in [0.25, 0.3) is 0 Å². The number of aryl methyl sites for hydroxylation is 1. The van der Waals surface area contributed by atoms with E-state index in [2.05, 4.69) is 24.9 Å². The maximum Gasteiger partial charge on any atom is 0.165 e. The number of benzene rings is 1. The first-order chi connectivity index (χ1) is 9.24. The number of ketones is 1. The van der Waals surface area contributed by atoms with Crippen molar-refractivity contribution in [3.8, 4) is 0 Å². The van der Waals surface area contributed by atoms with Gasteiger partial charge in [-0.1, -0.05) is 44.7 Å². The quantitative estimate of drug-likeness (QED) is 0.548. The number of H-pyrrole nitrogens is 1. The van der Waals surface area contributed by atoms with E-state index in [4.69, 9.17) is 0 Å². The molecule has 0 spiro atoms. The summed E-state index contributed by atoms with van der Waals surface area (Å²) in [5.74, 6) is 0.275. The zero-order valence-electron chi connectivity index (χ0n) is 12.0. The van der Waals surface area contributed by atoms with E-state index >= 15 is 0 Å². The largest absolute Gasteiger partial charge is 0.360 e. The molecule has 1 N–H and O–H groups in total. The van der Waals surface area contributed by atoms with Gasteiger partial charge in [0.15, 0.2) is 5.78 Å². The number of carbonyl (C=O) groups excluding carboxylic acids is 1. The molecule has 1 aromatic heterocycles. The van der Waals surface area contributed by atoms with Crippen molar-refractivity contribution in [2.45, 2.75) is 52.4 Å². The summed E-state index contributed by atoms with van der Waals surface area (Å²) in [6, 6.07) is 6.11. The van der Waals surface area contributed by atoms with Gasteiger partial charge in [-0.05, 0) is 25.0 Å². The van der Waals surface area contributed by atoms with Crippen LogP contribution in [0.15, 0.2) is 24.4 Å². The summed E-state index contributed by atoms with van der Waals surface area (Å²) in [6.07, 6.45) is 8.49. The van der Waals surface area contributed by atoms with Crippen LogP contribution in [0.1, 0.15) is 61.4 Å². The molecule has 19 heavy (non-hydrogen) atoms. The lowest BCUT2D eigenvalue weighted by atomic mass is 10.0. The number of unbranched alkanes of at least 4 members (excludes halogenated alkanes) is 4. The zero-order valence-corrected chi connectivity index (χ0v) is 12.0. The van der Waals surface area contributed by atoms with Crippen molar-refractivity contribution >= 4 is 16.7 Å². The first-order valence-electron chi connectivity index (χ1n) is 7.34. The van der Waals surface area contributed by atoms with E-state index in [1.807, 2.05) is 18.3 Å². The first kappa shape index (κ1) is 13.9. The Hall–Kier alpha value is -1.57. The molecule has 0 saturated carbocycles. The third-order valence-corrected chi connectivity index (χ3v) is 3.72. The average molecular weight is 257 g/mol. The summed E-state index contributed by atoms with van der Waals surface area (Å²) >= 11 is 0. The molecular formula is C17H23NO. The Morgan fingerprint density at radius 2 is 1.95 bits per heavy atom. The molecule has 0 atom stereocenters. The summed E-state index contributed by atoms with van der Waals surface area (Å²) in [5, 5.41) is 1.10.